The quantitative estimate of drug-likeness (QED) is 0.526. The van der Waals surface area contributed by atoms with Crippen LogP contribution in [0.5, 0.6) is 0 Å². The Hall–Kier alpha value is -3.87. The second kappa shape index (κ2) is 6.38. The Bertz CT molecular complexity index is 1390. The molecule has 0 bridgehead atoms. The minimum atomic E-state index is -0.376. The molecule has 0 aliphatic heterocycles. The highest BCUT2D eigenvalue weighted by molar-refractivity contribution is 5.94. The second-order valence-corrected chi connectivity index (χ2v) is 6.49. The fraction of sp³-hybridized carbons (Fsp3) is 0.0476. The normalized spacial score (nSPS) is 11.3. The van der Waals surface area contributed by atoms with Crippen molar-refractivity contribution in [2.24, 2.45) is 0 Å². The number of rotatable bonds is 3. The molecule has 28 heavy (non-hydrogen) atoms. The van der Waals surface area contributed by atoms with Crippen molar-refractivity contribution in [1.82, 2.24) is 24.7 Å². The molecule has 1 N–H and O–H groups in total. The number of aromatic amines is 1. The zero-order chi connectivity index (χ0) is 19.1. The van der Waals surface area contributed by atoms with Crippen molar-refractivity contribution >= 4 is 21.9 Å². The number of pyridine rings is 1. The molecule has 0 spiro atoms. The van der Waals surface area contributed by atoms with Gasteiger partial charge in [-0.05, 0) is 29.3 Å². The molecular weight excluding hydrogens is 357 g/mol. The molecule has 0 aliphatic carbocycles. The third kappa shape index (κ3) is 2.64. The van der Waals surface area contributed by atoms with Gasteiger partial charge in [-0.3, -0.25) is 19.4 Å². The van der Waals surface area contributed by atoms with Crippen molar-refractivity contribution in [1.29, 1.82) is 0 Å². The van der Waals surface area contributed by atoms with Gasteiger partial charge in [0.05, 0.1) is 41.7 Å². The fourth-order valence-corrected chi connectivity index (χ4v) is 3.41. The van der Waals surface area contributed by atoms with E-state index >= 15 is 0 Å². The molecule has 0 saturated heterocycles. The molecule has 7 heteroatoms. The van der Waals surface area contributed by atoms with Crippen molar-refractivity contribution in [2.75, 3.05) is 0 Å². The largest absolute Gasteiger partial charge is 0.299 e. The molecular formula is C21H14FN5O. The van der Waals surface area contributed by atoms with E-state index in [0.717, 1.165) is 22.0 Å². The zero-order valence-corrected chi connectivity index (χ0v) is 14.6. The van der Waals surface area contributed by atoms with Crippen LogP contribution < -0.4 is 5.56 Å². The van der Waals surface area contributed by atoms with Gasteiger partial charge < -0.3 is 0 Å². The van der Waals surface area contributed by atoms with Crippen LogP contribution in [0.15, 0.2) is 72.0 Å². The van der Waals surface area contributed by atoms with Crippen molar-refractivity contribution in [3.63, 3.8) is 0 Å². The summed E-state index contributed by atoms with van der Waals surface area (Å²) in [5.74, 6) is -0.376. The fourth-order valence-electron chi connectivity index (χ4n) is 3.41. The summed E-state index contributed by atoms with van der Waals surface area (Å²) in [5.41, 5.74) is 3.87. The minimum absolute atomic E-state index is 0.103. The maximum absolute atomic E-state index is 14.9. The molecule has 0 atom stereocenters. The van der Waals surface area contributed by atoms with Crippen molar-refractivity contribution in [3.05, 3.63) is 89.0 Å². The Morgan fingerprint density at radius 3 is 2.89 bits per heavy atom. The first-order valence-corrected chi connectivity index (χ1v) is 8.71. The Balaban J connectivity index is 1.58. The smallest absolute Gasteiger partial charge is 0.269 e. The van der Waals surface area contributed by atoms with E-state index in [2.05, 4.69) is 20.2 Å². The topological polar surface area (TPSA) is 76.5 Å². The number of nitrogens with zero attached hydrogens (tertiary/aromatic N) is 4. The third-order valence-electron chi connectivity index (χ3n) is 4.83. The predicted molar refractivity (Wildman–Crippen MR) is 104 cm³/mol. The molecule has 5 rings (SSSR count). The lowest BCUT2D eigenvalue weighted by Gasteiger charge is -2.11. The van der Waals surface area contributed by atoms with Crippen LogP contribution >= 0.6 is 0 Å². The van der Waals surface area contributed by atoms with Gasteiger partial charge >= 0.3 is 0 Å². The number of hydrogen-bond acceptors (Lipinski definition) is 4. The average molecular weight is 371 g/mol. The Kier molecular flexibility index (Phi) is 3.72. The van der Waals surface area contributed by atoms with Crippen LogP contribution in [0.4, 0.5) is 4.39 Å². The highest BCUT2D eigenvalue weighted by Crippen LogP contribution is 2.29. The molecule has 2 aromatic carbocycles. The van der Waals surface area contributed by atoms with E-state index in [9.17, 15) is 9.18 Å². The summed E-state index contributed by atoms with van der Waals surface area (Å²) in [6.07, 6.45) is 6.14. The molecule has 3 heterocycles. The van der Waals surface area contributed by atoms with Crippen molar-refractivity contribution in [3.8, 4) is 11.1 Å². The number of aromatic nitrogens is 5. The molecule has 0 fully saturated rings. The van der Waals surface area contributed by atoms with Gasteiger partial charge in [0.2, 0.25) is 0 Å². The van der Waals surface area contributed by atoms with Gasteiger partial charge in [-0.2, -0.15) is 5.10 Å². The first-order valence-electron chi connectivity index (χ1n) is 8.71. The number of H-pyrrole nitrogens is 1. The van der Waals surface area contributed by atoms with E-state index in [1.54, 1.807) is 30.7 Å². The molecule has 6 nitrogen and oxygen atoms in total. The average Bonchev–Trinajstić information content (AvgIpc) is 3.20. The molecule has 0 unspecified atom stereocenters. The second-order valence-electron chi connectivity index (χ2n) is 6.49. The van der Waals surface area contributed by atoms with Crippen LogP contribution in [0.3, 0.4) is 0 Å². The van der Waals surface area contributed by atoms with Gasteiger partial charge in [0.15, 0.2) is 0 Å². The monoisotopic (exact) mass is 371 g/mol. The maximum Gasteiger partial charge on any atom is 0.269 e. The Morgan fingerprint density at radius 2 is 2.00 bits per heavy atom. The van der Waals surface area contributed by atoms with Gasteiger partial charge in [0, 0.05) is 17.1 Å². The lowest BCUT2D eigenvalue weighted by atomic mass is 10.0. The Labute approximate surface area is 158 Å². The standard InChI is InChI=1S/C21H14FN5O/c22-17-8-13(15-2-1-3-18-16(15)9-25-26-18)4-5-14(17)12-27-20-10-23-7-6-19(20)24-11-21(27)28/h1-11H,12H2,(H,25,26). The summed E-state index contributed by atoms with van der Waals surface area (Å²) < 4.78 is 16.4. The number of nitrogens with one attached hydrogen (secondary N) is 1. The molecule has 5 aromatic rings. The van der Waals surface area contributed by atoms with E-state index in [1.165, 1.54) is 16.8 Å². The molecule has 0 saturated carbocycles. The minimum Gasteiger partial charge on any atom is -0.299 e. The van der Waals surface area contributed by atoms with E-state index in [4.69, 9.17) is 0 Å². The number of fused-ring (bicyclic) bond motifs is 2. The summed E-state index contributed by atoms with van der Waals surface area (Å²) in [6.45, 7) is 0.103. The van der Waals surface area contributed by atoms with E-state index in [0.29, 0.717) is 16.6 Å². The Morgan fingerprint density at radius 1 is 1.07 bits per heavy atom. The lowest BCUT2D eigenvalue weighted by molar-refractivity contribution is 0.599. The molecule has 0 radical (unpaired) electrons. The van der Waals surface area contributed by atoms with Gasteiger partial charge in [-0.15, -0.1) is 0 Å². The van der Waals surface area contributed by atoms with E-state index in [1.807, 2.05) is 24.3 Å². The number of benzene rings is 2. The van der Waals surface area contributed by atoms with Crippen LogP contribution in [-0.4, -0.2) is 24.7 Å². The maximum atomic E-state index is 14.9. The van der Waals surface area contributed by atoms with Crippen molar-refractivity contribution in [2.45, 2.75) is 6.54 Å². The molecule has 136 valence electrons. The highest BCUT2D eigenvalue weighted by atomic mass is 19.1. The number of halogens is 1. The summed E-state index contributed by atoms with van der Waals surface area (Å²) in [4.78, 5) is 20.5. The summed E-state index contributed by atoms with van der Waals surface area (Å²) >= 11 is 0. The number of hydrogen-bond donors (Lipinski definition) is 1. The first-order chi connectivity index (χ1) is 13.7. The van der Waals surface area contributed by atoms with Crippen LogP contribution in [0.25, 0.3) is 33.1 Å². The van der Waals surface area contributed by atoms with Gasteiger partial charge in [-0.1, -0.05) is 24.3 Å². The first kappa shape index (κ1) is 16.3. The van der Waals surface area contributed by atoms with Crippen LogP contribution in [0.1, 0.15) is 5.56 Å². The van der Waals surface area contributed by atoms with E-state index < -0.39 is 0 Å². The van der Waals surface area contributed by atoms with Gasteiger partial charge in [0.25, 0.3) is 5.56 Å². The van der Waals surface area contributed by atoms with E-state index in [-0.39, 0.29) is 17.9 Å². The van der Waals surface area contributed by atoms with Crippen LogP contribution in [0, 0.1) is 5.82 Å². The predicted octanol–water partition coefficient (Wildman–Crippen LogP) is 3.52. The lowest BCUT2D eigenvalue weighted by Crippen LogP contribution is -2.21. The molecule has 0 amide bonds. The van der Waals surface area contributed by atoms with Crippen LogP contribution in [-0.2, 0) is 6.54 Å². The van der Waals surface area contributed by atoms with Gasteiger partial charge in [0.1, 0.15) is 5.82 Å². The highest BCUT2D eigenvalue weighted by Gasteiger charge is 2.11. The summed E-state index contributed by atoms with van der Waals surface area (Å²) in [6, 6.07) is 12.5. The molecule has 3 aromatic heterocycles. The zero-order valence-electron chi connectivity index (χ0n) is 14.6. The van der Waals surface area contributed by atoms with Crippen LogP contribution in [0.2, 0.25) is 0 Å². The molecule has 0 aliphatic rings. The van der Waals surface area contributed by atoms with Crippen molar-refractivity contribution < 1.29 is 4.39 Å². The van der Waals surface area contributed by atoms with Gasteiger partial charge in [-0.25, -0.2) is 9.37 Å². The summed E-state index contributed by atoms with van der Waals surface area (Å²) in [7, 11) is 0. The summed E-state index contributed by atoms with van der Waals surface area (Å²) in [5, 5.41) is 7.90. The SMILES string of the molecule is O=c1cnc2ccncc2n1Cc1ccc(-c2cccc3[nH]ncc23)cc1F. The third-order valence-corrected chi connectivity index (χ3v) is 4.83.